The number of fused-ring (bicyclic) bond motifs is 1. The fourth-order valence-corrected chi connectivity index (χ4v) is 6.42. The van der Waals surface area contributed by atoms with Crippen molar-refractivity contribution >= 4 is 38.2 Å². The highest BCUT2D eigenvalue weighted by atomic mass is 32.3. The Bertz CT molecular complexity index is 1170. The predicted octanol–water partition coefficient (Wildman–Crippen LogP) is 5.38. The fourth-order valence-electron chi connectivity index (χ4n) is 3.91. The van der Waals surface area contributed by atoms with Gasteiger partial charge in [-0.3, -0.25) is 4.21 Å². The molecule has 2 N–H and O–H groups in total. The van der Waals surface area contributed by atoms with Gasteiger partial charge in [0.25, 0.3) is 0 Å². The van der Waals surface area contributed by atoms with Crippen molar-refractivity contribution in [1.82, 2.24) is 9.97 Å². The number of benzene rings is 2. The van der Waals surface area contributed by atoms with E-state index in [0.29, 0.717) is 17.3 Å². The minimum absolute atomic E-state index is 0.0757. The molecule has 0 saturated carbocycles. The quantitative estimate of drug-likeness (QED) is 0.414. The maximum Gasteiger partial charge on any atom is 0.146 e. The van der Waals surface area contributed by atoms with E-state index in [1.807, 2.05) is 26.0 Å². The first-order valence-corrected chi connectivity index (χ1v) is 13.2. The molecular weight excluding hydrogens is 427 g/mol. The summed E-state index contributed by atoms with van der Waals surface area (Å²) in [7, 11) is -2.35. The van der Waals surface area contributed by atoms with Gasteiger partial charge in [0.1, 0.15) is 23.7 Å². The summed E-state index contributed by atoms with van der Waals surface area (Å²) >= 11 is 0. The van der Waals surface area contributed by atoms with Gasteiger partial charge >= 0.3 is 0 Å². The number of nitrogens with zero attached hydrogens (tertiary/aromatic N) is 2. The second kappa shape index (κ2) is 9.02. The Morgan fingerprint density at radius 2 is 1.84 bits per heavy atom. The van der Waals surface area contributed by atoms with Crippen LogP contribution in [0.3, 0.4) is 0 Å². The first-order valence-electron chi connectivity index (χ1n) is 11.1. The Kier molecular flexibility index (Phi) is 6.33. The van der Waals surface area contributed by atoms with Gasteiger partial charge in [-0.25, -0.2) is 14.4 Å². The fraction of sp³-hybridized carbons (Fsp3) is 0.417. The molecule has 0 bridgehead atoms. The highest BCUT2D eigenvalue weighted by molar-refractivity contribution is 8.04. The number of hydrogen-bond acceptors (Lipinski definition) is 5. The van der Waals surface area contributed by atoms with Crippen LogP contribution in [0.2, 0.25) is 0 Å². The molecule has 1 fully saturated rings. The molecule has 0 spiro atoms. The van der Waals surface area contributed by atoms with E-state index < -0.39 is 10.1 Å². The molecule has 6 nitrogen and oxygen atoms in total. The molecule has 1 atom stereocenters. The molecule has 172 valence electrons. The molecule has 1 aliphatic heterocycles. The van der Waals surface area contributed by atoms with E-state index in [2.05, 4.69) is 33.9 Å². The molecule has 1 saturated heterocycles. The van der Waals surface area contributed by atoms with Crippen molar-refractivity contribution in [2.45, 2.75) is 46.6 Å². The monoisotopic (exact) mass is 458 g/mol. The first kappa shape index (κ1) is 22.5. The zero-order valence-electron chi connectivity index (χ0n) is 19.0. The van der Waals surface area contributed by atoms with Crippen molar-refractivity contribution < 1.29 is 13.3 Å². The van der Waals surface area contributed by atoms with Crippen molar-refractivity contribution in [3.8, 4) is 5.75 Å². The molecule has 2 heterocycles. The van der Waals surface area contributed by atoms with Crippen LogP contribution in [0.1, 0.15) is 39.2 Å². The van der Waals surface area contributed by atoms with Crippen LogP contribution < -0.4 is 14.8 Å². The van der Waals surface area contributed by atoms with Crippen LogP contribution in [0.4, 0.5) is 21.6 Å². The van der Waals surface area contributed by atoms with Gasteiger partial charge in [-0.2, -0.15) is 0 Å². The normalized spacial score (nSPS) is 17.3. The molecule has 0 radical (unpaired) electrons. The number of hydrogen-bond donors (Lipinski definition) is 3. The molecule has 32 heavy (non-hydrogen) atoms. The second-order valence-corrected chi connectivity index (χ2v) is 11.8. The van der Waals surface area contributed by atoms with E-state index in [1.54, 1.807) is 6.07 Å². The molecule has 0 amide bonds. The van der Waals surface area contributed by atoms with E-state index in [9.17, 15) is 8.60 Å². The van der Waals surface area contributed by atoms with E-state index in [4.69, 9.17) is 4.74 Å². The van der Waals surface area contributed by atoms with Crippen molar-refractivity contribution in [2.24, 2.45) is 5.92 Å². The lowest BCUT2D eigenvalue weighted by Gasteiger charge is -2.22. The smallest absolute Gasteiger partial charge is 0.146 e. The topological polar surface area (TPSA) is 76.1 Å². The van der Waals surface area contributed by atoms with Gasteiger partial charge in [-0.15, -0.1) is 0 Å². The number of nitrogens with one attached hydrogen (secondary N) is 2. The van der Waals surface area contributed by atoms with Crippen molar-refractivity contribution in [3.63, 3.8) is 0 Å². The molecule has 1 aromatic heterocycles. The summed E-state index contributed by atoms with van der Waals surface area (Å²) in [5.41, 5.74) is 3.16. The summed E-state index contributed by atoms with van der Waals surface area (Å²) in [6.45, 7) is 8.07. The highest BCUT2D eigenvalue weighted by Gasteiger charge is 2.21. The van der Waals surface area contributed by atoms with Gasteiger partial charge in [-0.05, 0) is 72.6 Å². The van der Waals surface area contributed by atoms with Gasteiger partial charge in [0, 0.05) is 28.6 Å². The average molecular weight is 459 g/mol. The van der Waals surface area contributed by atoms with E-state index in [-0.39, 0.29) is 17.8 Å². The largest absolute Gasteiger partial charge is 0.488 e. The standard InChI is InChI=1S/C24H31FN4O2S/c1-15(2)17(4)31-22-12-18(25)7-8-20(22)28-24-23-16(3)11-19(13-21(23)26-14-27-24)29-32(30)9-5-6-10-32/h7-8,11-15,17,32H,5-6,9-10H2,1-4H3,(H,29,30)(H,26,27,28). The number of aryl methyl sites for hydroxylation is 1. The molecule has 2 aromatic carbocycles. The Hall–Kier alpha value is -2.74. The Labute approximate surface area is 189 Å². The molecule has 0 aliphatic carbocycles. The van der Waals surface area contributed by atoms with Crippen LogP contribution in [0.15, 0.2) is 36.7 Å². The molecular formula is C24H31FN4O2S. The molecule has 1 aliphatic rings. The van der Waals surface area contributed by atoms with Crippen LogP contribution in [0, 0.1) is 18.7 Å². The number of rotatable bonds is 7. The third-order valence-corrected chi connectivity index (χ3v) is 8.75. The first-order chi connectivity index (χ1) is 15.2. The van der Waals surface area contributed by atoms with Crippen LogP contribution in [0.5, 0.6) is 5.75 Å². The summed E-state index contributed by atoms with van der Waals surface area (Å²) in [5, 5.41) is 4.17. The van der Waals surface area contributed by atoms with Crippen LogP contribution in [-0.4, -0.2) is 31.8 Å². The van der Waals surface area contributed by atoms with Gasteiger partial charge in [0.15, 0.2) is 0 Å². The second-order valence-electron chi connectivity index (χ2n) is 8.90. The van der Waals surface area contributed by atoms with Gasteiger partial charge in [0.05, 0.1) is 17.3 Å². The number of halogens is 1. The molecule has 4 rings (SSSR count). The lowest BCUT2D eigenvalue weighted by molar-refractivity contribution is 0.171. The molecule has 3 aromatic rings. The third-order valence-electron chi connectivity index (χ3n) is 6.01. The Morgan fingerprint density at radius 3 is 2.56 bits per heavy atom. The SMILES string of the molecule is Cc1cc(N[SH]2(=O)CCCC2)cc2ncnc(Nc3ccc(F)cc3OC(C)C(C)C)c12. The number of aromatic nitrogens is 2. The maximum atomic E-state index is 13.9. The Balaban J connectivity index is 1.68. The molecule has 1 unspecified atom stereocenters. The zero-order chi connectivity index (χ0) is 22.9. The van der Waals surface area contributed by atoms with Crippen molar-refractivity contribution in [2.75, 3.05) is 21.5 Å². The predicted molar refractivity (Wildman–Crippen MR) is 131 cm³/mol. The van der Waals surface area contributed by atoms with Gasteiger partial charge in [0.2, 0.25) is 0 Å². The minimum atomic E-state index is -2.35. The van der Waals surface area contributed by atoms with E-state index in [0.717, 1.165) is 46.5 Å². The Morgan fingerprint density at radius 1 is 1.09 bits per heavy atom. The van der Waals surface area contributed by atoms with Crippen LogP contribution in [0.25, 0.3) is 10.9 Å². The van der Waals surface area contributed by atoms with Gasteiger partial charge < -0.3 is 14.8 Å². The summed E-state index contributed by atoms with van der Waals surface area (Å²) in [4.78, 5) is 8.88. The van der Waals surface area contributed by atoms with E-state index >= 15 is 0 Å². The number of thiol groups is 1. The summed E-state index contributed by atoms with van der Waals surface area (Å²) in [6.07, 6.45) is 3.43. The van der Waals surface area contributed by atoms with Crippen LogP contribution >= 0.6 is 0 Å². The lowest BCUT2D eigenvalue weighted by Crippen LogP contribution is -2.24. The lowest BCUT2D eigenvalue weighted by atomic mass is 10.1. The van der Waals surface area contributed by atoms with Crippen molar-refractivity contribution in [1.29, 1.82) is 0 Å². The van der Waals surface area contributed by atoms with Gasteiger partial charge in [-0.1, -0.05) is 13.8 Å². The summed E-state index contributed by atoms with van der Waals surface area (Å²) in [6, 6.07) is 8.33. The van der Waals surface area contributed by atoms with Crippen molar-refractivity contribution in [3.05, 3.63) is 48.0 Å². The average Bonchev–Trinajstić information content (AvgIpc) is 3.15. The third kappa shape index (κ3) is 4.85. The zero-order valence-corrected chi connectivity index (χ0v) is 19.9. The number of ether oxygens (including phenoxy) is 1. The van der Waals surface area contributed by atoms with Crippen LogP contribution in [-0.2, 0) is 10.1 Å². The minimum Gasteiger partial charge on any atom is -0.488 e. The summed E-state index contributed by atoms with van der Waals surface area (Å²) < 4.78 is 36.2. The maximum absolute atomic E-state index is 13.9. The molecule has 8 heteroatoms. The summed E-state index contributed by atoms with van der Waals surface area (Å²) in [5.74, 6) is 2.45. The number of anilines is 3. The van der Waals surface area contributed by atoms with E-state index in [1.165, 1.54) is 18.5 Å². The highest BCUT2D eigenvalue weighted by Crippen LogP contribution is 2.34.